The van der Waals surface area contributed by atoms with Gasteiger partial charge in [-0.3, -0.25) is 0 Å². The van der Waals surface area contributed by atoms with Gasteiger partial charge in [0.05, 0.1) is 19.3 Å². The molecule has 128 valence electrons. The number of rotatable bonds is 9. The van der Waals surface area contributed by atoms with Crippen LogP contribution in [0.4, 0.5) is 5.69 Å². The standard InChI is InChI=1S/C18H20ClNO4/c1-23-14-5-7-15(8-6-14)24-11-3-2-10-20-17-9-4-13(19)12-16(17)18(21)22/h4-9,12,20H,2-3,10-11H2,1H3,(H,21,22). The normalized spacial score (nSPS) is 10.2. The van der Waals surface area contributed by atoms with Crippen LogP contribution in [0, 0.1) is 0 Å². The van der Waals surface area contributed by atoms with Gasteiger partial charge in [-0.2, -0.15) is 0 Å². The third-order valence-corrected chi connectivity index (χ3v) is 3.66. The molecule has 0 aliphatic heterocycles. The number of benzene rings is 2. The maximum absolute atomic E-state index is 11.2. The lowest BCUT2D eigenvalue weighted by atomic mass is 10.1. The molecule has 0 atom stereocenters. The molecule has 0 saturated carbocycles. The van der Waals surface area contributed by atoms with Crippen molar-refractivity contribution in [3.63, 3.8) is 0 Å². The highest BCUT2D eigenvalue weighted by molar-refractivity contribution is 6.31. The Morgan fingerprint density at radius 1 is 1.12 bits per heavy atom. The van der Waals surface area contributed by atoms with Crippen LogP contribution in [0.3, 0.4) is 0 Å². The summed E-state index contributed by atoms with van der Waals surface area (Å²) in [5.41, 5.74) is 0.750. The number of halogens is 1. The quantitative estimate of drug-likeness (QED) is 0.660. The second-order valence-corrected chi connectivity index (χ2v) is 5.59. The van der Waals surface area contributed by atoms with E-state index >= 15 is 0 Å². The molecule has 24 heavy (non-hydrogen) atoms. The van der Waals surface area contributed by atoms with E-state index in [-0.39, 0.29) is 5.56 Å². The Hall–Kier alpha value is -2.40. The molecule has 2 aromatic carbocycles. The second-order valence-electron chi connectivity index (χ2n) is 5.15. The van der Waals surface area contributed by atoms with Crippen molar-refractivity contribution in [1.29, 1.82) is 0 Å². The third-order valence-electron chi connectivity index (χ3n) is 3.43. The Balaban J connectivity index is 1.70. The zero-order chi connectivity index (χ0) is 17.4. The fourth-order valence-corrected chi connectivity index (χ4v) is 2.33. The van der Waals surface area contributed by atoms with Crippen LogP contribution in [0.2, 0.25) is 5.02 Å². The lowest BCUT2D eigenvalue weighted by Gasteiger charge is -2.10. The number of methoxy groups -OCH3 is 1. The first kappa shape index (κ1) is 17.9. The van der Waals surface area contributed by atoms with E-state index in [4.69, 9.17) is 26.2 Å². The molecular formula is C18H20ClNO4. The second kappa shape index (κ2) is 9.03. The number of aromatic carboxylic acids is 1. The molecule has 0 unspecified atom stereocenters. The first-order chi connectivity index (χ1) is 11.6. The fraction of sp³-hybridized carbons (Fsp3) is 0.278. The molecule has 0 aliphatic rings. The number of ether oxygens (including phenoxy) is 2. The van der Waals surface area contributed by atoms with Crippen molar-refractivity contribution in [3.8, 4) is 11.5 Å². The highest BCUT2D eigenvalue weighted by Crippen LogP contribution is 2.21. The maximum Gasteiger partial charge on any atom is 0.337 e. The van der Waals surface area contributed by atoms with E-state index < -0.39 is 5.97 Å². The number of anilines is 1. The first-order valence-electron chi connectivity index (χ1n) is 7.63. The van der Waals surface area contributed by atoms with Crippen LogP contribution in [0.5, 0.6) is 11.5 Å². The summed E-state index contributed by atoms with van der Waals surface area (Å²) in [5, 5.41) is 12.7. The minimum atomic E-state index is -0.997. The maximum atomic E-state index is 11.2. The number of hydrogen-bond donors (Lipinski definition) is 2. The summed E-state index contributed by atoms with van der Waals surface area (Å²) in [5.74, 6) is 0.598. The SMILES string of the molecule is COc1ccc(OCCCCNc2ccc(Cl)cc2C(=O)O)cc1. The third kappa shape index (κ3) is 5.35. The molecule has 0 saturated heterocycles. The lowest BCUT2D eigenvalue weighted by Crippen LogP contribution is -2.09. The van der Waals surface area contributed by atoms with Gasteiger partial charge in [-0.1, -0.05) is 11.6 Å². The monoisotopic (exact) mass is 349 g/mol. The van der Waals surface area contributed by atoms with Crippen molar-refractivity contribution in [2.75, 3.05) is 25.6 Å². The van der Waals surface area contributed by atoms with Crippen LogP contribution >= 0.6 is 11.6 Å². The Labute approximate surface area is 146 Å². The highest BCUT2D eigenvalue weighted by atomic mass is 35.5. The lowest BCUT2D eigenvalue weighted by molar-refractivity contribution is 0.0698. The smallest absolute Gasteiger partial charge is 0.337 e. The summed E-state index contributed by atoms with van der Waals surface area (Å²) in [4.78, 5) is 11.2. The molecule has 6 heteroatoms. The van der Waals surface area contributed by atoms with Gasteiger partial charge in [0.1, 0.15) is 11.5 Å². The molecule has 0 radical (unpaired) electrons. The van der Waals surface area contributed by atoms with Crippen molar-refractivity contribution >= 4 is 23.3 Å². The van der Waals surface area contributed by atoms with E-state index in [9.17, 15) is 4.79 Å². The molecule has 0 bridgehead atoms. The Kier molecular flexibility index (Phi) is 6.75. The number of carbonyl (C=O) groups is 1. The largest absolute Gasteiger partial charge is 0.497 e. The number of hydrogen-bond acceptors (Lipinski definition) is 4. The minimum Gasteiger partial charge on any atom is -0.497 e. The van der Waals surface area contributed by atoms with Crippen LogP contribution in [-0.2, 0) is 0 Å². The van der Waals surface area contributed by atoms with Crippen molar-refractivity contribution in [1.82, 2.24) is 0 Å². The average Bonchev–Trinajstić information content (AvgIpc) is 2.59. The summed E-state index contributed by atoms with van der Waals surface area (Å²) < 4.78 is 10.7. The molecule has 2 rings (SSSR count). The van der Waals surface area contributed by atoms with Crippen LogP contribution in [0.25, 0.3) is 0 Å². The van der Waals surface area contributed by atoms with Crippen LogP contribution in [0.15, 0.2) is 42.5 Å². The predicted molar refractivity (Wildman–Crippen MR) is 94.6 cm³/mol. The van der Waals surface area contributed by atoms with E-state index in [1.807, 2.05) is 24.3 Å². The molecule has 0 aromatic heterocycles. The number of nitrogens with one attached hydrogen (secondary N) is 1. The van der Waals surface area contributed by atoms with Gasteiger partial charge in [0.2, 0.25) is 0 Å². The van der Waals surface area contributed by atoms with Crippen molar-refractivity contribution in [2.24, 2.45) is 0 Å². The zero-order valence-corrected chi connectivity index (χ0v) is 14.2. The van der Waals surface area contributed by atoms with Crippen molar-refractivity contribution < 1.29 is 19.4 Å². The van der Waals surface area contributed by atoms with Crippen molar-refractivity contribution in [3.05, 3.63) is 53.1 Å². The van der Waals surface area contributed by atoms with Gasteiger partial charge in [0.15, 0.2) is 0 Å². The summed E-state index contributed by atoms with van der Waals surface area (Å²) in [6.45, 7) is 1.26. The molecular weight excluding hydrogens is 330 g/mol. The summed E-state index contributed by atoms with van der Waals surface area (Å²) in [6.07, 6.45) is 1.72. The van der Waals surface area contributed by atoms with Gasteiger partial charge in [0, 0.05) is 17.3 Å². The minimum absolute atomic E-state index is 0.178. The molecule has 5 nitrogen and oxygen atoms in total. The Morgan fingerprint density at radius 2 is 1.83 bits per heavy atom. The number of carboxylic acids is 1. The molecule has 2 N–H and O–H groups in total. The van der Waals surface area contributed by atoms with Crippen LogP contribution < -0.4 is 14.8 Å². The zero-order valence-electron chi connectivity index (χ0n) is 13.4. The van der Waals surface area contributed by atoms with E-state index in [0.717, 1.165) is 24.3 Å². The molecule has 0 spiro atoms. The van der Waals surface area contributed by atoms with Gasteiger partial charge in [0.25, 0.3) is 0 Å². The number of carboxylic acid groups (broad SMARTS) is 1. The van der Waals surface area contributed by atoms with E-state index in [0.29, 0.717) is 23.9 Å². The molecule has 0 amide bonds. The Bertz CT molecular complexity index is 673. The molecule has 2 aromatic rings. The van der Waals surface area contributed by atoms with Crippen molar-refractivity contribution in [2.45, 2.75) is 12.8 Å². The van der Waals surface area contributed by atoms with Gasteiger partial charge in [-0.25, -0.2) is 4.79 Å². The van der Waals surface area contributed by atoms with Crippen LogP contribution in [-0.4, -0.2) is 31.3 Å². The van der Waals surface area contributed by atoms with Gasteiger partial charge < -0.3 is 19.9 Å². The summed E-state index contributed by atoms with van der Waals surface area (Å²) >= 11 is 5.83. The molecule has 0 fully saturated rings. The number of unbranched alkanes of at least 4 members (excludes halogenated alkanes) is 1. The topological polar surface area (TPSA) is 67.8 Å². The first-order valence-corrected chi connectivity index (χ1v) is 8.01. The van der Waals surface area contributed by atoms with E-state index in [1.165, 1.54) is 6.07 Å². The van der Waals surface area contributed by atoms with Gasteiger partial charge in [-0.15, -0.1) is 0 Å². The fourth-order valence-electron chi connectivity index (χ4n) is 2.16. The van der Waals surface area contributed by atoms with Gasteiger partial charge in [-0.05, 0) is 55.3 Å². The van der Waals surface area contributed by atoms with E-state index in [1.54, 1.807) is 19.2 Å². The average molecular weight is 350 g/mol. The van der Waals surface area contributed by atoms with Crippen LogP contribution in [0.1, 0.15) is 23.2 Å². The highest BCUT2D eigenvalue weighted by Gasteiger charge is 2.10. The van der Waals surface area contributed by atoms with E-state index in [2.05, 4.69) is 5.32 Å². The molecule has 0 aliphatic carbocycles. The summed E-state index contributed by atoms with van der Waals surface area (Å²) in [7, 11) is 1.62. The summed E-state index contributed by atoms with van der Waals surface area (Å²) in [6, 6.07) is 12.2. The predicted octanol–water partition coefficient (Wildman–Crippen LogP) is 4.32. The van der Waals surface area contributed by atoms with Gasteiger partial charge >= 0.3 is 5.97 Å². The molecule has 0 heterocycles. The Morgan fingerprint density at radius 3 is 2.50 bits per heavy atom.